The number of methoxy groups -OCH3 is 1. The van der Waals surface area contributed by atoms with Gasteiger partial charge in [0, 0.05) is 6.04 Å². The van der Waals surface area contributed by atoms with Gasteiger partial charge in [-0.25, -0.2) is 0 Å². The summed E-state index contributed by atoms with van der Waals surface area (Å²) in [5.41, 5.74) is -0.456. The summed E-state index contributed by atoms with van der Waals surface area (Å²) in [7, 11) is 3.31. The Hall–Kier alpha value is -0.610. The molecule has 16 heavy (non-hydrogen) atoms. The molecule has 1 aliphatic rings. The minimum Gasteiger partial charge on any atom is -0.468 e. The molecule has 4 heteroatoms. The molecule has 0 radical (unpaired) electrons. The molecule has 0 aliphatic heterocycles. The van der Waals surface area contributed by atoms with Gasteiger partial charge >= 0.3 is 5.97 Å². The van der Waals surface area contributed by atoms with Crippen LogP contribution in [0.1, 0.15) is 33.1 Å². The van der Waals surface area contributed by atoms with Crippen LogP contribution in [0.4, 0.5) is 0 Å². The fourth-order valence-electron chi connectivity index (χ4n) is 2.78. The van der Waals surface area contributed by atoms with Crippen molar-refractivity contribution in [2.24, 2.45) is 0 Å². The first kappa shape index (κ1) is 13.5. The molecule has 1 N–H and O–H groups in total. The van der Waals surface area contributed by atoms with E-state index in [1.165, 1.54) is 7.11 Å². The van der Waals surface area contributed by atoms with Crippen LogP contribution >= 0.6 is 0 Å². The number of rotatable bonds is 5. The normalized spacial score (nSPS) is 29.7. The second kappa shape index (κ2) is 5.64. The molecular formula is C12H24N2O2. The first-order valence-corrected chi connectivity index (χ1v) is 6.14. The number of hydrogen-bond donors (Lipinski definition) is 1. The average molecular weight is 228 g/mol. The zero-order valence-corrected chi connectivity index (χ0v) is 10.9. The molecule has 1 rings (SSSR count). The van der Waals surface area contributed by atoms with Crippen molar-refractivity contribution < 1.29 is 9.53 Å². The van der Waals surface area contributed by atoms with Crippen molar-refractivity contribution in [2.75, 3.05) is 27.2 Å². The summed E-state index contributed by atoms with van der Waals surface area (Å²) < 4.78 is 4.90. The second-order valence-corrected chi connectivity index (χ2v) is 4.44. The Labute approximate surface area is 98.3 Å². The maximum absolute atomic E-state index is 11.8. The third-order valence-electron chi connectivity index (χ3n) is 3.87. The van der Waals surface area contributed by atoms with E-state index in [0.29, 0.717) is 6.04 Å². The van der Waals surface area contributed by atoms with Gasteiger partial charge in [-0.2, -0.15) is 0 Å². The van der Waals surface area contributed by atoms with E-state index in [4.69, 9.17) is 4.74 Å². The molecule has 0 aromatic heterocycles. The largest absolute Gasteiger partial charge is 0.468 e. The van der Waals surface area contributed by atoms with Crippen LogP contribution in [0.2, 0.25) is 0 Å². The minimum atomic E-state index is -0.456. The van der Waals surface area contributed by atoms with Crippen molar-refractivity contribution in [1.82, 2.24) is 10.2 Å². The third kappa shape index (κ3) is 2.38. The molecule has 0 bridgehead atoms. The Morgan fingerprint density at radius 3 is 2.56 bits per heavy atom. The Kier molecular flexibility index (Phi) is 4.74. The van der Waals surface area contributed by atoms with Crippen LogP contribution < -0.4 is 5.32 Å². The molecule has 1 fully saturated rings. The Morgan fingerprint density at radius 2 is 2.12 bits per heavy atom. The molecule has 94 valence electrons. The minimum absolute atomic E-state index is 0.121. The van der Waals surface area contributed by atoms with E-state index in [-0.39, 0.29) is 5.97 Å². The molecule has 0 saturated heterocycles. The second-order valence-electron chi connectivity index (χ2n) is 4.44. The SMILES string of the molecule is CCN(CC)C1CCC(NC)(C(=O)OC)C1. The Bertz CT molecular complexity index is 241. The van der Waals surface area contributed by atoms with Gasteiger partial charge in [0.2, 0.25) is 0 Å². The zero-order chi connectivity index (χ0) is 12.2. The number of esters is 1. The van der Waals surface area contributed by atoms with Crippen molar-refractivity contribution in [1.29, 1.82) is 0 Å². The van der Waals surface area contributed by atoms with E-state index < -0.39 is 5.54 Å². The molecule has 0 aromatic carbocycles. The number of carbonyl (C=O) groups is 1. The Balaban J connectivity index is 2.70. The molecule has 2 unspecified atom stereocenters. The van der Waals surface area contributed by atoms with Gasteiger partial charge in [0.1, 0.15) is 5.54 Å². The van der Waals surface area contributed by atoms with Crippen molar-refractivity contribution >= 4 is 5.97 Å². The molecule has 4 nitrogen and oxygen atoms in total. The lowest BCUT2D eigenvalue weighted by Gasteiger charge is -2.29. The van der Waals surface area contributed by atoms with Crippen molar-refractivity contribution in [3.63, 3.8) is 0 Å². The van der Waals surface area contributed by atoms with Gasteiger partial charge < -0.3 is 15.0 Å². The summed E-state index contributed by atoms with van der Waals surface area (Å²) in [6.07, 6.45) is 2.80. The quantitative estimate of drug-likeness (QED) is 0.713. The number of nitrogens with one attached hydrogen (secondary N) is 1. The van der Waals surface area contributed by atoms with Crippen LogP contribution in [-0.2, 0) is 9.53 Å². The summed E-state index contributed by atoms with van der Waals surface area (Å²) in [5, 5.41) is 3.16. The molecule has 1 saturated carbocycles. The van der Waals surface area contributed by atoms with Crippen molar-refractivity contribution in [3.8, 4) is 0 Å². The van der Waals surface area contributed by atoms with Crippen LogP contribution in [0.5, 0.6) is 0 Å². The summed E-state index contributed by atoms with van der Waals surface area (Å²) in [4.78, 5) is 14.2. The van der Waals surface area contributed by atoms with E-state index in [1.807, 2.05) is 7.05 Å². The van der Waals surface area contributed by atoms with Crippen LogP contribution in [0, 0.1) is 0 Å². The van der Waals surface area contributed by atoms with Crippen molar-refractivity contribution in [3.05, 3.63) is 0 Å². The smallest absolute Gasteiger partial charge is 0.326 e. The highest BCUT2D eigenvalue weighted by atomic mass is 16.5. The van der Waals surface area contributed by atoms with E-state index >= 15 is 0 Å². The predicted molar refractivity (Wildman–Crippen MR) is 64.4 cm³/mol. The highest BCUT2D eigenvalue weighted by Gasteiger charge is 2.46. The summed E-state index contributed by atoms with van der Waals surface area (Å²) >= 11 is 0. The number of carbonyl (C=O) groups excluding carboxylic acids is 1. The highest BCUT2D eigenvalue weighted by molar-refractivity contribution is 5.81. The van der Waals surface area contributed by atoms with Gasteiger partial charge in [-0.1, -0.05) is 13.8 Å². The van der Waals surface area contributed by atoms with Gasteiger partial charge in [0.15, 0.2) is 0 Å². The van der Waals surface area contributed by atoms with Crippen LogP contribution in [-0.4, -0.2) is 49.7 Å². The first-order chi connectivity index (χ1) is 7.63. The summed E-state index contributed by atoms with van der Waals surface area (Å²) in [6, 6.07) is 0.501. The molecule has 0 aromatic rings. The molecule has 2 atom stereocenters. The zero-order valence-electron chi connectivity index (χ0n) is 10.9. The molecule has 0 amide bonds. The lowest BCUT2D eigenvalue weighted by Crippen LogP contribution is -2.50. The van der Waals surface area contributed by atoms with E-state index in [0.717, 1.165) is 32.4 Å². The maximum atomic E-state index is 11.8. The lowest BCUT2D eigenvalue weighted by molar-refractivity contribution is -0.148. The topological polar surface area (TPSA) is 41.6 Å². The average Bonchev–Trinajstić information content (AvgIpc) is 2.75. The fraction of sp³-hybridized carbons (Fsp3) is 0.917. The van der Waals surface area contributed by atoms with Crippen LogP contribution in [0.15, 0.2) is 0 Å². The summed E-state index contributed by atoms with van der Waals surface area (Å²) in [5.74, 6) is -0.121. The molecule has 1 aliphatic carbocycles. The fourth-order valence-corrected chi connectivity index (χ4v) is 2.78. The van der Waals surface area contributed by atoms with Gasteiger partial charge in [-0.05, 0) is 39.4 Å². The number of nitrogens with zero attached hydrogens (tertiary/aromatic N) is 1. The number of hydrogen-bond acceptors (Lipinski definition) is 4. The maximum Gasteiger partial charge on any atom is 0.326 e. The monoisotopic (exact) mass is 228 g/mol. The molecule has 0 heterocycles. The third-order valence-corrected chi connectivity index (χ3v) is 3.87. The van der Waals surface area contributed by atoms with Crippen LogP contribution in [0.3, 0.4) is 0 Å². The highest BCUT2D eigenvalue weighted by Crippen LogP contribution is 2.33. The summed E-state index contributed by atoms with van der Waals surface area (Å²) in [6.45, 7) is 6.42. The number of ether oxygens (including phenoxy) is 1. The van der Waals surface area contributed by atoms with Gasteiger partial charge in [-0.15, -0.1) is 0 Å². The standard InChI is InChI=1S/C12H24N2O2/c1-5-14(6-2)10-7-8-12(9-10,13-3)11(15)16-4/h10,13H,5-9H2,1-4H3. The van der Waals surface area contributed by atoms with Crippen LogP contribution in [0.25, 0.3) is 0 Å². The molecule has 0 spiro atoms. The number of likely N-dealkylation sites (N-methyl/N-ethyl adjacent to an activating group) is 1. The van der Waals surface area contributed by atoms with Gasteiger partial charge in [-0.3, -0.25) is 4.79 Å². The first-order valence-electron chi connectivity index (χ1n) is 6.14. The van der Waals surface area contributed by atoms with Crippen molar-refractivity contribution in [2.45, 2.75) is 44.7 Å². The Morgan fingerprint density at radius 1 is 1.50 bits per heavy atom. The molecular weight excluding hydrogens is 204 g/mol. The lowest BCUT2D eigenvalue weighted by atomic mass is 9.97. The van der Waals surface area contributed by atoms with E-state index in [2.05, 4.69) is 24.1 Å². The predicted octanol–water partition coefficient (Wildman–Crippen LogP) is 1.01. The van der Waals surface area contributed by atoms with E-state index in [9.17, 15) is 4.79 Å². The van der Waals surface area contributed by atoms with E-state index in [1.54, 1.807) is 0 Å². The van der Waals surface area contributed by atoms with Gasteiger partial charge in [0.05, 0.1) is 7.11 Å². The van der Waals surface area contributed by atoms with Gasteiger partial charge in [0.25, 0.3) is 0 Å².